The van der Waals surface area contributed by atoms with Crippen LogP contribution in [0.25, 0.3) is 0 Å². The van der Waals surface area contributed by atoms with Gasteiger partial charge in [0.25, 0.3) is 0 Å². The van der Waals surface area contributed by atoms with Crippen LogP contribution in [0.2, 0.25) is 0 Å². The van der Waals surface area contributed by atoms with E-state index in [1.807, 2.05) is 0 Å². The number of ether oxygens (including phenoxy) is 2. The fourth-order valence-electron chi connectivity index (χ4n) is 5.99. The summed E-state index contributed by atoms with van der Waals surface area (Å²) in [5, 5.41) is 11.4. The highest BCUT2D eigenvalue weighted by molar-refractivity contribution is 5.76. The number of allylic oxidation sites excluding steroid dienone is 1. The van der Waals surface area contributed by atoms with E-state index < -0.39 is 6.10 Å². The maximum absolute atomic E-state index is 12.7. The number of fused-ring (bicyclic) bond motifs is 2. The van der Waals surface area contributed by atoms with Gasteiger partial charge in [-0.15, -0.1) is 0 Å². The number of carbonyl (C=O) groups excluding carboxylic acids is 1. The molecule has 146 valence electrons. The third-order valence-electron chi connectivity index (χ3n) is 7.52. The van der Waals surface area contributed by atoms with Gasteiger partial charge in [-0.2, -0.15) is 0 Å². The molecule has 1 N–H and O–H groups in total. The summed E-state index contributed by atoms with van der Waals surface area (Å²) in [6.45, 7) is 10.9. The second kappa shape index (κ2) is 6.61. The molecular weight excluding hydrogens is 330 g/mol. The molecule has 1 saturated carbocycles. The molecule has 2 saturated heterocycles. The van der Waals surface area contributed by atoms with Crippen molar-refractivity contribution in [1.29, 1.82) is 0 Å². The fraction of sp³-hybridized carbons (Fsp3) is 0.857. The smallest absolute Gasteiger partial charge is 0.311 e. The number of morpholine rings is 1. The van der Waals surface area contributed by atoms with Crippen LogP contribution in [0.4, 0.5) is 0 Å². The molecule has 0 aromatic rings. The number of aliphatic hydroxyl groups excluding tert-OH is 1. The van der Waals surface area contributed by atoms with Gasteiger partial charge >= 0.3 is 5.97 Å². The maximum Gasteiger partial charge on any atom is 0.311 e. The van der Waals surface area contributed by atoms with Gasteiger partial charge < -0.3 is 14.6 Å². The SMILES string of the molecule is C[C@H]1CN(C[C@H]2C(=O)O[C@@H]3CC4=CCC[C@H](C)[C@@]4(C)[C@@H](O)[C@@H]32)C[C@H](C)O1. The monoisotopic (exact) mass is 363 g/mol. The molecule has 0 aromatic heterocycles. The minimum atomic E-state index is -0.518. The number of aliphatic hydroxyl groups is 1. The lowest BCUT2D eigenvalue weighted by Crippen LogP contribution is -2.55. The van der Waals surface area contributed by atoms with E-state index in [1.165, 1.54) is 5.57 Å². The van der Waals surface area contributed by atoms with E-state index in [9.17, 15) is 9.90 Å². The van der Waals surface area contributed by atoms with Crippen molar-refractivity contribution in [2.75, 3.05) is 19.6 Å². The van der Waals surface area contributed by atoms with E-state index in [-0.39, 0.29) is 41.5 Å². The largest absolute Gasteiger partial charge is 0.461 e. The summed E-state index contributed by atoms with van der Waals surface area (Å²) >= 11 is 0. The van der Waals surface area contributed by atoms with E-state index >= 15 is 0 Å². The Balaban J connectivity index is 1.57. The van der Waals surface area contributed by atoms with Gasteiger partial charge in [0.05, 0.1) is 24.2 Å². The van der Waals surface area contributed by atoms with Gasteiger partial charge in [0.15, 0.2) is 0 Å². The highest BCUT2D eigenvalue weighted by Crippen LogP contribution is 2.56. The van der Waals surface area contributed by atoms with Gasteiger partial charge in [-0.1, -0.05) is 25.5 Å². The molecule has 0 amide bonds. The van der Waals surface area contributed by atoms with Crippen molar-refractivity contribution in [3.63, 3.8) is 0 Å². The first-order valence-electron chi connectivity index (χ1n) is 10.3. The third kappa shape index (κ3) is 2.83. The van der Waals surface area contributed by atoms with Gasteiger partial charge in [0, 0.05) is 37.4 Å². The second-order valence-corrected chi connectivity index (χ2v) is 9.27. The van der Waals surface area contributed by atoms with Crippen molar-refractivity contribution in [2.45, 2.75) is 71.4 Å². The van der Waals surface area contributed by atoms with Crippen LogP contribution in [0, 0.1) is 23.2 Å². The van der Waals surface area contributed by atoms with Gasteiger partial charge in [-0.3, -0.25) is 9.69 Å². The predicted molar refractivity (Wildman–Crippen MR) is 98.5 cm³/mol. The van der Waals surface area contributed by atoms with Crippen LogP contribution >= 0.6 is 0 Å². The molecule has 0 bridgehead atoms. The van der Waals surface area contributed by atoms with Crippen LogP contribution in [0.1, 0.15) is 47.0 Å². The summed E-state index contributed by atoms with van der Waals surface area (Å²) in [6.07, 6.45) is 4.91. The molecule has 3 fully saturated rings. The van der Waals surface area contributed by atoms with Crippen molar-refractivity contribution in [1.82, 2.24) is 4.90 Å². The molecule has 0 unspecified atom stereocenters. The molecular formula is C21H33NO4. The maximum atomic E-state index is 12.7. The Labute approximate surface area is 156 Å². The molecule has 2 aliphatic carbocycles. The summed E-state index contributed by atoms with van der Waals surface area (Å²) in [5.74, 6) is -0.0294. The topological polar surface area (TPSA) is 59.0 Å². The van der Waals surface area contributed by atoms with Crippen molar-refractivity contribution in [2.24, 2.45) is 23.2 Å². The molecule has 5 heteroatoms. The first kappa shape index (κ1) is 18.5. The van der Waals surface area contributed by atoms with Gasteiger partial charge in [-0.25, -0.2) is 0 Å². The molecule has 26 heavy (non-hydrogen) atoms. The molecule has 0 aromatic carbocycles. The second-order valence-electron chi connectivity index (χ2n) is 9.27. The molecule has 4 aliphatic rings. The molecule has 2 aliphatic heterocycles. The van der Waals surface area contributed by atoms with E-state index in [2.05, 4.69) is 38.7 Å². The first-order valence-corrected chi connectivity index (χ1v) is 10.3. The number of carbonyl (C=O) groups is 1. The quantitative estimate of drug-likeness (QED) is 0.603. The van der Waals surface area contributed by atoms with Gasteiger partial charge in [-0.05, 0) is 32.6 Å². The average molecular weight is 363 g/mol. The lowest BCUT2D eigenvalue weighted by Gasteiger charge is -2.52. The fourth-order valence-corrected chi connectivity index (χ4v) is 5.99. The molecule has 8 atom stereocenters. The highest BCUT2D eigenvalue weighted by Gasteiger charge is 2.59. The molecule has 4 rings (SSSR count). The Morgan fingerprint density at radius 2 is 1.96 bits per heavy atom. The minimum absolute atomic E-state index is 0.0985. The van der Waals surface area contributed by atoms with Gasteiger partial charge in [0.1, 0.15) is 6.10 Å². The number of rotatable bonds is 2. The van der Waals surface area contributed by atoms with E-state index in [1.54, 1.807) is 0 Å². The number of esters is 1. The van der Waals surface area contributed by atoms with Crippen LogP contribution in [-0.4, -0.2) is 60.0 Å². The van der Waals surface area contributed by atoms with Crippen LogP contribution in [-0.2, 0) is 14.3 Å². The number of hydrogen-bond donors (Lipinski definition) is 1. The molecule has 5 nitrogen and oxygen atoms in total. The number of nitrogens with zero attached hydrogens (tertiary/aromatic N) is 1. The summed E-state index contributed by atoms with van der Waals surface area (Å²) in [6, 6.07) is 0. The Morgan fingerprint density at radius 1 is 1.27 bits per heavy atom. The van der Waals surface area contributed by atoms with E-state index in [0.717, 1.165) is 32.4 Å². The normalized spacial score (nSPS) is 49.2. The predicted octanol–water partition coefficient (Wildman–Crippen LogP) is 2.38. The standard InChI is InChI=1S/C21H33NO4/c1-12-6-5-7-15-8-17-18(19(23)21(12,15)4)16(20(24)26-17)11-22-9-13(2)25-14(3)10-22/h7,12-14,16-19,23H,5-6,8-11H2,1-4H3/t12-,13-,14-,16+,17+,18+,19-,21+/m0/s1. The molecule has 0 radical (unpaired) electrons. The summed E-state index contributed by atoms with van der Waals surface area (Å²) < 4.78 is 11.6. The highest BCUT2D eigenvalue weighted by atomic mass is 16.6. The van der Waals surface area contributed by atoms with Gasteiger partial charge in [0.2, 0.25) is 0 Å². The summed E-state index contributed by atoms with van der Waals surface area (Å²) in [5.41, 5.74) is 1.07. The Morgan fingerprint density at radius 3 is 2.65 bits per heavy atom. The lowest BCUT2D eigenvalue weighted by atomic mass is 9.55. The zero-order valence-corrected chi connectivity index (χ0v) is 16.5. The summed E-state index contributed by atoms with van der Waals surface area (Å²) in [7, 11) is 0. The average Bonchev–Trinajstić information content (AvgIpc) is 2.85. The first-order chi connectivity index (χ1) is 12.3. The van der Waals surface area contributed by atoms with E-state index in [4.69, 9.17) is 9.47 Å². The van der Waals surface area contributed by atoms with Crippen LogP contribution in [0.15, 0.2) is 11.6 Å². The Hall–Kier alpha value is -0.910. The Bertz CT molecular complexity index is 595. The van der Waals surface area contributed by atoms with Crippen LogP contribution < -0.4 is 0 Å². The van der Waals surface area contributed by atoms with Crippen molar-refractivity contribution in [3.05, 3.63) is 11.6 Å². The lowest BCUT2D eigenvalue weighted by molar-refractivity contribution is -0.145. The number of hydrogen-bond acceptors (Lipinski definition) is 5. The minimum Gasteiger partial charge on any atom is -0.461 e. The van der Waals surface area contributed by atoms with Crippen molar-refractivity contribution >= 4 is 5.97 Å². The van der Waals surface area contributed by atoms with Crippen molar-refractivity contribution in [3.8, 4) is 0 Å². The Kier molecular flexibility index (Phi) is 4.69. The van der Waals surface area contributed by atoms with Crippen molar-refractivity contribution < 1.29 is 19.4 Å². The summed E-state index contributed by atoms with van der Waals surface area (Å²) in [4.78, 5) is 15.0. The zero-order chi connectivity index (χ0) is 18.6. The third-order valence-corrected chi connectivity index (χ3v) is 7.52. The molecule has 0 spiro atoms. The zero-order valence-electron chi connectivity index (χ0n) is 16.5. The van der Waals surface area contributed by atoms with Crippen LogP contribution in [0.3, 0.4) is 0 Å². The van der Waals surface area contributed by atoms with Crippen LogP contribution in [0.5, 0.6) is 0 Å². The molecule has 2 heterocycles. The van der Waals surface area contributed by atoms with E-state index in [0.29, 0.717) is 12.5 Å².